The van der Waals surface area contributed by atoms with Crippen molar-refractivity contribution in [2.45, 2.75) is 25.7 Å². The van der Waals surface area contributed by atoms with Gasteiger partial charge in [0.15, 0.2) is 5.82 Å². The van der Waals surface area contributed by atoms with Crippen molar-refractivity contribution < 1.29 is 9.31 Å². The van der Waals surface area contributed by atoms with Gasteiger partial charge in [0.25, 0.3) is 5.69 Å². The van der Waals surface area contributed by atoms with Gasteiger partial charge in [-0.25, -0.2) is 4.39 Å². The molecule has 2 heterocycles. The van der Waals surface area contributed by atoms with Gasteiger partial charge in [-0.3, -0.25) is 10.1 Å². The Labute approximate surface area is 142 Å². The van der Waals surface area contributed by atoms with E-state index >= 15 is 0 Å². The number of nitro groups is 1. The summed E-state index contributed by atoms with van der Waals surface area (Å²) in [6.45, 7) is 4.82. The van der Waals surface area contributed by atoms with Crippen LogP contribution in [0.15, 0.2) is 12.1 Å². The summed E-state index contributed by atoms with van der Waals surface area (Å²) in [5, 5.41) is 11.4. The van der Waals surface area contributed by atoms with Gasteiger partial charge in [-0.15, -0.1) is 0 Å². The lowest BCUT2D eigenvalue weighted by Gasteiger charge is -2.35. The molecule has 0 aliphatic carbocycles. The van der Waals surface area contributed by atoms with Gasteiger partial charge in [-0.05, 0) is 26.0 Å². The fourth-order valence-electron chi connectivity index (χ4n) is 3.54. The van der Waals surface area contributed by atoms with Crippen LogP contribution in [-0.2, 0) is 0 Å². The van der Waals surface area contributed by atoms with Gasteiger partial charge in [-0.2, -0.15) is 0 Å². The van der Waals surface area contributed by atoms with Crippen molar-refractivity contribution >= 4 is 17.1 Å². The molecule has 0 aromatic heterocycles. The molecule has 2 aliphatic heterocycles. The number of benzene rings is 1. The highest BCUT2D eigenvalue weighted by atomic mass is 19.1. The quantitative estimate of drug-likeness (QED) is 0.627. The molecule has 0 atom stereocenters. The summed E-state index contributed by atoms with van der Waals surface area (Å²) in [5.74, 6) is -0.496. The molecular formula is C17H25FN4O2. The molecule has 1 aromatic carbocycles. The third-order valence-electron chi connectivity index (χ3n) is 5.03. The first-order valence-electron chi connectivity index (χ1n) is 8.72. The van der Waals surface area contributed by atoms with E-state index in [1.807, 2.05) is 11.9 Å². The van der Waals surface area contributed by atoms with Crippen LogP contribution in [0.2, 0.25) is 0 Å². The lowest BCUT2D eigenvalue weighted by atomic mass is 10.1. The summed E-state index contributed by atoms with van der Waals surface area (Å²) in [6.07, 6.45) is 4.35. The largest absolute Gasteiger partial charge is 0.367 e. The second-order valence-electron chi connectivity index (χ2n) is 6.74. The minimum absolute atomic E-state index is 0.118. The molecule has 132 valence electrons. The number of rotatable bonds is 3. The maximum atomic E-state index is 14.5. The van der Waals surface area contributed by atoms with Crippen LogP contribution in [0.4, 0.5) is 21.5 Å². The first-order valence-corrected chi connectivity index (χ1v) is 8.72. The van der Waals surface area contributed by atoms with Crippen molar-refractivity contribution in [2.24, 2.45) is 0 Å². The monoisotopic (exact) mass is 336 g/mol. The number of hydrogen-bond donors (Lipinski definition) is 0. The number of nitro benzene ring substituents is 1. The van der Waals surface area contributed by atoms with E-state index in [2.05, 4.69) is 9.80 Å². The highest BCUT2D eigenvalue weighted by Gasteiger charge is 2.26. The molecule has 2 fully saturated rings. The van der Waals surface area contributed by atoms with E-state index in [1.54, 1.807) is 6.07 Å². The third-order valence-corrected chi connectivity index (χ3v) is 5.03. The smallest absolute Gasteiger partial charge is 0.295 e. The molecule has 7 heteroatoms. The van der Waals surface area contributed by atoms with Crippen molar-refractivity contribution in [3.63, 3.8) is 0 Å². The molecule has 1 aromatic rings. The number of anilines is 2. The molecule has 0 N–H and O–H groups in total. The van der Waals surface area contributed by atoms with Crippen LogP contribution in [0.3, 0.4) is 0 Å². The van der Waals surface area contributed by atoms with Gasteiger partial charge >= 0.3 is 0 Å². The molecule has 24 heavy (non-hydrogen) atoms. The normalized spacial score (nSPS) is 20.1. The topological polar surface area (TPSA) is 52.9 Å². The van der Waals surface area contributed by atoms with E-state index in [0.29, 0.717) is 11.4 Å². The Morgan fingerprint density at radius 2 is 1.50 bits per heavy atom. The Morgan fingerprint density at radius 1 is 0.917 bits per heavy atom. The zero-order valence-electron chi connectivity index (χ0n) is 14.2. The number of nitrogens with zero attached hydrogens (tertiary/aromatic N) is 4. The molecule has 3 rings (SSSR count). The summed E-state index contributed by atoms with van der Waals surface area (Å²) in [6, 6.07) is 2.80. The van der Waals surface area contributed by atoms with E-state index in [0.717, 1.165) is 71.0 Å². The van der Waals surface area contributed by atoms with Crippen LogP contribution in [0.1, 0.15) is 25.7 Å². The van der Waals surface area contributed by atoms with Gasteiger partial charge in [0.2, 0.25) is 0 Å². The van der Waals surface area contributed by atoms with Gasteiger partial charge < -0.3 is 14.7 Å². The van der Waals surface area contributed by atoms with E-state index < -0.39 is 10.7 Å². The van der Waals surface area contributed by atoms with Crippen molar-refractivity contribution in [1.29, 1.82) is 0 Å². The number of hydrogen-bond acceptors (Lipinski definition) is 5. The van der Waals surface area contributed by atoms with Gasteiger partial charge in [0.05, 0.1) is 16.7 Å². The summed E-state index contributed by atoms with van der Waals surface area (Å²) in [4.78, 5) is 17.2. The van der Waals surface area contributed by atoms with E-state index in [1.165, 1.54) is 0 Å². The van der Waals surface area contributed by atoms with Crippen molar-refractivity contribution in [1.82, 2.24) is 4.90 Å². The zero-order valence-corrected chi connectivity index (χ0v) is 14.2. The Bertz CT molecular complexity index is 594. The molecule has 6 nitrogen and oxygen atoms in total. The van der Waals surface area contributed by atoms with Crippen LogP contribution < -0.4 is 9.80 Å². The van der Waals surface area contributed by atoms with Crippen LogP contribution in [-0.4, -0.2) is 56.1 Å². The summed E-state index contributed by atoms with van der Waals surface area (Å²) >= 11 is 0. The molecule has 0 radical (unpaired) electrons. The van der Waals surface area contributed by atoms with Crippen LogP contribution in [0.25, 0.3) is 0 Å². The molecule has 2 aliphatic rings. The standard InChI is InChI=1S/C17H25FN4O2/c1-19-8-10-21(11-9-19)15-13-16(17(22(23)24)12-14(15)18)20-6-4-2-3-5-7-20/h12-13H,2-11H2,1H3. The number of likely N-dealkylation sites (N-methyl/N-ethyl adjacent to an activating group) is 1. The zero-order chi connectivity index (χ0) is 17.1. The highest BCUT2D eigenvalue weighted by Crippen LogP contribution is 2.36. The number of piperazine rings is 1. The Kier molecular flexibility index (Phi) is 5.18. The first-order chi connectivity index (χ1) is 11.6. The van der Waals surface area contributed by atoms with Crippen molar-refractivity contribution in [3.8, 4) is 0 Å². The average Bonchev–Trinajstić information content (AvgIpc) is 2.84. The second-order valence-corrected chi connectivity index (χ2v) is 6.74. The lowest BCUT2D eigenvalue weighted by molar-refractivity contribution is -0.384. The molecule has 0 amide bonds. The molecular weight excluding hydrogens is 311 g/mol. The van der Waals surface area contributed by atoms with Crippen molar-refractivity contribution in [2.75, 3.05) is 56.1 Å². The minimum atomic E-state index is -0.496. The Morgan fingerprint density at radius 3 is 2.08 bits per heavy atom. The highest BCUT2D eigenvalue weighted by molar-refractivity contribution is 5.71. The molecule has 2 saturated heterocycles. The maximum Gasteiger partial charge on any atom is 0.295 e. The van der Waals surface area contributed by atoms with E-state index in [9.17, 15) is 14.5 Å². The van der Waals surface area contributed by atoms with Gasteiger partial charge in [0.1, 0.15) is 5.69 Å². The molecule has 0 bridgehead atoms. The third kappa shape index (κ3) is 3.61. The Hall–Kier alpha value is -1.89. The first kappa shape index (κ1) is 17.0. The predicted molar refractivity (Wildman–Crippen MR) is 93.4 cm³/mol. The van der Waals surface area contributed by atoms with Crippen molar-refractivity contribution in [3.05, 3.63) is 28.1 Å². The Balaban J connectivity index is 1.95. The SMILES string of the molecule is CN1CCN(c2cc(N3CCCCCC3)c([N+](=O)[O-])cc2F)CC1. The van der Waals surface area contributed by atoms with Crippen LogP contribution >= 0.6 is 0 Å². The van der Waals surface area contributed by atoms with Gasteiger partial charge in [0, 0.05) is 39.3 Å². The van der Waals surface area contributed by atoms with Crippen LogP contribution in [0, 0.1) is 15.9 Å². The predicted octanol–water partition coefficient (Wildman–Crippen LogP) is 2.87. The summed E-state index contributed by atoms with van der Waals surface area (Å²) < 4.78 is 14.5. The average molecular weight is 336 g/mol. The molecule has 0 saturated carbocycles. The molecule has 0 spiro atoms. The molecule has 0 unspecified atom stereocenters. The summed E-state index contributed by atoms with van der Waals surface area (Å²) in [7, 11) is 2.05. The van der Waals surface area contributed by atoms with E-state index in [4.69, 9.17) is 0 Å². The van der Waals surface area contributed by atoms with Crippen LogP contribution in [0.5, 0.6) is 0 Å². The number of halogens is 1. The maximum absolute atomic E-state index is 14.5. The minimum Gasteiger partial charge on any atom is -0.367 e. The van der Waals surface area contributed by atoms with E-state index in [-0.39, 0.29) is 5.69 Å². The summed E-state index contributed by atoms with van der Waals surface area (Å²) in [5.41, 5.74) is 0.942. The second kappa shape index (κ2) is 7.34. The van der Waals surface area contributed by atoms with Gasteiger partial charge in [-0.1, -0.05) is 12.8 Å². The fraction of sp³-hybridized carbons (Fsp3) is 0.647. The fourth-order valence-corrected chi connectivity index (χ4v) is 3.54. The lowest BCUT2D eigenvalue weighted by Crippen LogP contribution is -2.44.